The average molecular weight is 663 g/mol. The van der Waals surface area contributed by atoms with Crippen molar-refractivity contribution in [2.24, 2.45) is 0 Å². The Bertz CT molecular complexity index is 3120. The number of hydrogen-bond donors (Lipinski definition) is 0. The molecular weight excluding hydrogens is 633 g/mol. The van der Waals surface area contributed by atoms with E-state index in [1.165, 1.54) is 54.5 Å². The van der Waals surface area contributed by atoms with Gasteiger partial charge in [-0.3, -0.25) is 4.57 Å². The molecule has 0 aliphatic rings. The highest BCUT2D eigenvalue weighted by molar-refractivity contribution is 6.24. The minimum atomic E-state index is 0.649. The van der Waals surface area contributed by atoms with Crippen LogP contribution in [0, 0.1) is 0 Å². The van der Waals surface area contributed by atoms with E-state index in [0.717, 1.165) is 38.9 Å². The maximum absolute atomic E-state index is 5.43. The zero-order chi connectivity index (χ0) is 34.2. The molecule has 0 fully saturated rings. The lowest BCUT2D eigenvalue weighted by molar-refractivity contribution is 1.01. The van der Waals surface area contributed by atoms with Gasteiger partial charge in [0, 0.05) is 37.9 Å². The summed E-state index contributed by atoms with van der Waals surface area (Å²) in [4.78, 5) is 10.7. The van der Waals surface area contributed by atoms with E-state index in [2.05, 4.69) is 191 Å². The SMILES string of the molecule is c1ccc(-c2ccc(-c3nc(-n4c5ccccc5c5c6ccccc6c(-n6c7ccccc7c7ccccc76)cc54)nc4ccccc34)cc2)cc1. The van der Waals surface area contributed by atoms with Crippen LogP contribution < -0.4 is 0 Å². The molecule has 0 radical (unpaired) electrons. The van der Waals surface area contributed by atoms with E-state index in [0.29, 0.717) is 5.95 Å². The molecular formula is C48H30N4. The van der Waals surface area contributed by atoms with Gasteiger partial charge in [-0.25, -0.2) is 9.97 Å². The second kappa shape index (κ2) is 11.2. The van der Waals surface area contributed by atoms with Crippen LogP contribution in [0.4, 0.5) is 0 Å². The summed E-state index contributed by atoms with van der Waals surface area (Å²) in [6.07, 6.45) is 0. The molecule has 0 bridgehead atoms. The topological polar surface area (TPSA) is 35.6 Å². The first-order valence-electron chi connectivity index (χ1n) is 17.7. The van der Waals surface area contributed by atoms with Gasteiger partial charge in [0.15, 0.2) is 0 Å². The van der Waals surface area contributed by atoms with Crippen LogP contribution in [-0.2, 0) is 0 Å². The lowest BCUT2D eigenvalue weighted by atomic mass is 10.0. The minimum Gasteiger partial charge on any atom is -0.309 e. The Hall–Kier alpha value is -7.04. The zero-order valence-corrected chi connectivity index (χ0v) is 28.1. The van der Waals surface area contributed by atoms with Crippen LogP contribution >= 0.6 is 0 Å². The lowest BCUT2D eigenvalue weighted by Gasteiger charge is -2.15. The highest BCUT2D eigenvalue weighted by Gasteiger charge is 2.22. The van der Waals surface area contributed by atoms with E-state index >= 15 is 0 Å². The summed E-state index contributed by atoms with van der Waals surface area (Å²) in [7, 11) is 0. The average Bonchev–Trinajstić information content (AvgIpc) is 3.73. The van der Waals surface area contributed by atoms with Crippen LogP contribution in [0.3, 0.4) is 0 Å². The van der Waals surface area contributed by atoms with Crippen LogP contribution in [0.1, 0.15) is 0 Å². The molecule has 3 heterocycles. The highest BCUT2D eigenvalue weighted by Crippen LogP contribution is 2.42. The van der Waals surface area contributed by atoms with Crippen LogP contribution in [0.15, 0.2) is 182 Å². The van der Waals surface area contributed by atoms with Crippen molar-refractivity contribution in [2.45, 2.75) is 0 Å². The monoisotopic (exact) mass is 662 g/mol. The van der Waals surface area contributed by atoms with Gasteiger partial charge in [0.2, 0.25) is 5.95 Å². The van der Waals surface area contributed by atoms with Gasteiger partial charge < -0.3 is 4.57 Å². The number of fused-ring (bicyclic) bond motifs is 9. The summed E-state index contributed by atoms with van der Waals surface area (Å²) in [5, 5.41) is 8.27. The number of aromatic nitrogens is 4. The van der Waals surface area contributed by atoms with Gasteiger partial charge in [0.25, 0.3) is 0 Å². The van der Waals surface area contributed by atoms with Gasteiger partial charge in [-0.15, -0.1) is 0 Å². The Kier molecular flexibility index (Phi) is 6.22. The molecule has 8 aromatic carbocycles. The van der Waals surface area contributed by atoms with E-state index in [1.54, 1.807) is 0 Å². The third-order valence-electron chi connectivity index (χ3n) is 10.5. The summed E-state index contributed by atoms with van der Waals surface area (Å²) in [6.45, 7) is 0. The second-order valence-corrected chi connectivity index (χ2v) is 13.4. The molecule has 52 heavy (non-hydrogen) atoms. The summed E-state index contributed by atoms with van der Waals surface area (Å²) < 4.78 is 4.69. The molecule has 0 atom stereocenters. The van der Waals surface area contributed by atoms with Crippen molar-refractivity contribution in [1.29, 1.82) is 0 Å². The van der Waals surface area contributed by atoms with E-state index in [1.807, 2.05) is 0 Å². The van der Waals surface area contributed by atoms with Gasteiger partial charge >= 0.3 is 0 Å². The Labute approximate surface area is 299 Å². The van der Waals surface area contributed by atoms with Crippen LogP contribution in [-0.4, -0.2) is 19.1 Å². The Morgan fingerprint density at radius 3 is 1.52 bits per heavy atom. The fraction of sp³-hybridized carbons (Fsp3) is 0. The molecule has 0 N–H and O–H groups in total. The fourth-order valence-electron chi connectivity index (χ4n) is 8.23. The Morgan fingerprint density at radius 2 is 0.827 bits per heavy atom. The Balaban J connectivity index is 1.23. The molecule has 0 aliphatic heterocycles. The predicted molar refractivity (Wildman–Crippen MR) is 217 cm³/mol. The third-order valence-corrected chi connectivity index (χ3v) is 10.5. The van der Waals surface area contributed by atoms with E-state index in [-0.39, 0.29) is 0 Å². The smallest absolute Gasteiger partial charge is 0.235 e. The van der Waals surface area contributed by atoms with Crippen molar-refractivity contribution in [3.05, 3.63) is 182 Å². The van der Waals surface area contributed by atoms with Crippen molar-refractivity contribution in [2.75, 3.05) is 0 Å². The molecule has 0 unspecified atom stereocenters. The summed E-state index contributed by atoms with van der Waals surface area (Å²) >= 11 is 0. The predicted octanol–water partition coefficient (Wildman–Crippen LogP) is 12.3. The summed E-state index contributed by atoms with van der Waals surface area (Å²) in [5.74, 6) is 0.649. The first-order chi connectivity index (χ1) is 25.8. The molecule has 11 aromatic rings. The van der Waals surface area contributed by atoms with Crippen molar-refractivity contribution < 1.29 is 0 Å². The zero-order valence-electron chi connectivity index (χ0n) is 28.1. The molecule has 11 rings (SSSR count). The molecule has 0 spiro atoms. The van der Waals surface area contributed by atoms with E-state index in [4.69, 9.17) is 9.97 Å². The molecule has 0 saturated heterocycles. The van der Waals surface area contributed by atoms with Crippen LogP contribution in [0.25, 0.3) is 99.3 Å². The van der Waals surface area contributed by atoms with Crippen LogP contribution in [0.5, 0.6) is 0 Å². The standard InChI is InChI=1S/C48H30N4/c1-2-14-31(15-3-1)32-26-28-33(29-27-32)47-38-20-6-10-22-40(38)49-48(50-47)52-43-25-13-9-21-39(43)46-37-19-5-4-18-36(37)44(30-45(46)52)51-41-23-11-7-16-34(41)35-17-8-12-24-42(35)51/h1-30H. The number of para-hydroxylation sites is 4. The number of hydrogen-bond acceptors (Lipinski definition) is 2. The second-order valence-electron chi connectivity index (χ2n) is 13.4. The fourth-order valence-corrected chi connectivity index (χ4v) is 8.23. The van der Waals surface area contributed by atoms with Gasteiger partial charge in [-0.05, 0) is 46.8 Å². The van der Waals surface area contributed by atoms with Crippen molar-refractivity contribution in [3.63, 3.8) is 0 Å². The first-order valence-corrected chi connectivity index (χ1v) is 17.7. The van der Waals surface area contributed by atoms with Crippen molar-refractivity contribution >= 4 is 65.3 Å². The number of nitrogens with zero attached hydrogens (tertiary/aromatic N) is 4. The Morgan fingerprint density at radius 1 is 0.327 bits per heavy atom. The lowest BCUT2D eigenvalue weighted by Crippen LogP contribution is -2.04. The summed E-state index contributed by atoms with van der Waals surface area (Å²) in [6, 6.07) is 64.8. The van der Waals surface area contributed by atoms with Gasteiger partial charge in [0.1, 0.15) is 0 Å². The van der Waals surface area contributed by atoms with Gasteiger partial charge in [-0.2, -0.15) is 0 Å². The highest BCUT2D eigenvalue weighted by atomic mass is 15.2. The molecule has 0 aliphatic carbocycles. The van der Waals surface area contributed by atoms with Crippen molar-refractivity contribution in [1.82, 2.24) is 19.1 Å². The first kappa shape index (κ1) is 28.8. The number of benzene rings is 8. The molecule has 4 heteroatoms. The molecule has 3 aromatic heterocycles. The maximum Gasteiger partial charge on any atom is 0.235 e. The largest absolute Gasteiger partial charge is 0.309 e. The van der Waals surface area contributed by atoms with Crippen LogP contribution in [0.2, 0.25) is 0 Å². The summed E-state index contributed by atoms with van der Waals surface area (Å²) in [5.41, 5.74) is 10.9. The molecule has 4 nitrogen and oxygen atoms in total. The normalized spacial score (nSPS) is 11.8. The van der Waals surface area contributed by atoms with Crippen molar-refractivity contribution in [3.8, 4) is 34.0 Å². The minimum absolute atomic E-state index is 0.649. The molecule has 0 saturated carbocycles. The quantitative estimate of drug-likeness (QED) is 0.188. The third kappa shape index (κ3) is 4.21. The van der Waals surface area contributed by atoms with Gasteiger partial charge in [0.05, 0.1) is 39.0 Å². The van der Waals surface area contributed by atoms with E-state index < -0.39 is 0 Å². The van der Waals surface area contributed by atoms with E-state index in [9.17, 15) is 0 Å². The molecule has 242 valence electrons. The molecule has 0 amide bonds. The van der Waals surface area contributed by atoms with Gasteiger partial charge in [-0.1, -0.05) is 152 Å². The number of rotatable bonds is 4. The maximum atomic E-state index is 5.43.